The Kier molecular flexibility index (Phi) is 6.94. The summed E-state index contributed by atoms with van der Waals surface area (Å²) in [4.78, 5) is 13.0. The highest BCUT2D eigenvalue weighted by molar-refractivity contribution is 7.99. The Bertz CT molecular complexity index is 1160. The molecule has 0 bridgehead atoms. The zero-order valence-corrected chi connectivity index (χ0v) is 20.4. The minimum absolute atomic E-state index is 0.160. The molecule has 0 aromatic carbocycles. The van der Waals surface area contributed by atoms with Gasteiger partial charge in [-0.2, -0.15) is 5.26 Å². The average Bonchev–Trinajstić information content (AvgIpc) is 3.56. The van der Waals surface area contributed by atoms with Crippen LogP contribution in [-0.4, -0.2) is 31.0 Å². The predicted octanol–water partition coefficient (Wildman–Crippen LogP) is 5.33. The van der Waals surface area contributed by atoms with Crippen molar-refractivity contribution in [2.75, 3.05) is 11.1 Å². The summed E-state index contributed by atoms with van der Waals surface area (Å²) in [5.41, 5.74) is 2.55. The maximum atomic E-state index is 13.0. The van der Waals surface area contributed by atoms with Gasteiger partial charge in [-0.15, -0.1) is 10.2 Å². The molecule has 3 aromatic heterocycles. The van der Waals surface area contributed by atoms with Crippen LogP contribution in [0.25, 0.3) is 11.6 Å². The minimum atomic E-state index is -0.160. The van der Waals surface area contributed by atoms with Crippen LogP contribution < -0.4 is 5.32 Å². The molecule has 1 aliphatic carbocycles. The van der Waals surface area contributed by atoms with Crippen molar-refractivity contribution in [1.82, 2.24) is 19.3 Å². The van der Waals surface area contributed by atoms with Gasteiger partial charge in [0.2, 0.25) is 5.91 Å². The molecule has 1 amide bonds. The lowest BCUT2D eigenvalue weighted by molar-refractivity contribution is -0.113. The third kappa shape index (κ3) is 4.71. The number of anilines is 1. The van der Waals surface area contributed by atoms with E-state index in [-0.39, 0.29) is 11.7 Å². The van der Waals surface area contributed by atoms with E-state index in [0.29, 0.717) is 46.6 Å². The van der Waals surface area contributed by atoms with Gasteiger partial charge in [-0.25, -0.2) is 0 Å². The van der Waals surface area contributed by atoms with E-state index in [0.717, 1.165) is 24.1 Å². The summed E-state index contributed by atoms with van der Waals surface area (Å²) in [6.45, 7) is 8.95. The van der Waals surface area contributed by atoms with Crippen LogP contribution in [0.3, 0.4) is 0 Å². The van der Waals surface area contributed by atoms with Crippen molar-refractivity contribution in [2.45, 2.75) is 71.1 Å². The van der Waals surface area contributed by atoms with Crippen LogP contribution in [0.5, 0.6) is 0 Å². The molecule has 4 rings (SSSR count). The van der Waals surface area contributed by atoms with E-state index in [1.165, 1.54) is 24.6 Å². The highest BCUT2D eigenvalue weighted by Gasteiger charge is 2.27. The maximum absolute atomic E-state index is 13.0. The molecule has 33 heavy (non-hydrogen) atoms. The highest BCUT2D eigenvalue weighted by atomic mass is 32.2. The lowest BCUT2D eigenvalue weighted by atomic mass is 10.2. The van der Waals surface area contributed by atoms with E-state index in [4.69, 9.17) is 4.42 Å². The molecule has 8 nitrogen and oxygen atoms in total. The smallest absolute Gasteiger partial charge is 0.235 e. The van der Waals surface area contributed by atoms with Gasteiger partial charge in [0.05, 0.1) is 17.6 Å². The molecule has 3 heterocycles. The fourth-order valence-corrected chi connectivity index (χ4v) is 5.27. The van der Waals surface area contributed by atoms with Gasteiger partial charge in [-0.3, -0.25) is 9.36 Å². The fourth-order valence-electron chi connectivity index (χ4n) is 4.52. The summed E-state index contributed by atoms with van der Waals surface area (Å²) in [7, 11) is 0. The Morgan fingerprint density at radius 3 is 2.73 bits per heavy atom. The molecule has 9 heteroatoms. The number of hydrogen-bond acceptors (Lipinski definition) is 6. The number of rotatable bonds is 8. The number of carbonyl (C=O) groups is 1. The first-order chi connectivity index (χ1) is 15.9. The lowest BCUT2D eigenvalue weighted by Gasteiger charge is -2.19. The molecule has 1 aliphatic rings. The molecule has 1 N–H and O–H groups in total. The van der Waals surface area contributed by atoms with Crippen LogP contribution in [0.4, 0.5) is 5.82 Å². The number of carbonyl (C=O) groups excluding carboxylic acids is 1. The van der Waals surface area contributed by atoms with Gasteiger partial charge >= 0.3 is 0 Å². The van der Waals surface area contributed by atoms with Gasteiger partial charge in [0.25, 0.3) is 0 Å². The van der Waals surface area contributed by atoms with Crippen LogP contribution in [0, 0.1) is 31.1 Å². The molecule has 3 aromatic rings. The molecule has 174 valence electrons. The molecule has 0 radical (unpaired) electrons. The molecular weight excluding hydrogens is 436 g/mol. The van der Waals surface area contributed by atoms with Crippen LogP contribution in [0.1, 0.15) is 62.4 Å². The summed E-state index contributed by atoms with van der Waals surface area (Å²) < 4.78 is 9.68. The van der Waals surface area contributed by atoms with Gasteiger partial charge in [0.15, 0.2) is 16.7 Å². The van der Waals surface area contributed by atoms with Crippen molar-refractivity contribution in [3.05, 3.63) is 35.2 Å². The van der Waals surface area contributed by atoms with Crippen molar-refractivity contribution < 1.29 is 9.21 Å². The van der Waals surface area contributed by atoms with E-state index in [9.17, 15) is 10.1 Å². The number of hydrogen-bond donors (Lipinski definition) is 1. The van der Waals surface area contributed by atoms with Crippen molar-refractivity contribution in [3.8, 4) is 17.7 Å². The monoisotopic (exact) mass is 466 g/mol. The quantitative estimate of drug-likeness (QED) is 0.450. The van der Waals surface area contributed by atoms with E-state index < -0.39 is 0 Å². The predicted molar refractivity (Wildman–Crippen MR) is 128 cm³/mol. The van der Waals surface area contributed by atoms with Gasteiger partial charge in [0.1, 0.15) is 11.9 Å². The molecule has 0 aliphatic heterocycles. The first-order valence-electron chi connectivity index (χ1n) is 11.4. The Balaban J connectivity index is 1.53. The zero-order valence-electron chi connectivity index (χ0n) is 19.6. The van der Waals surface area contributed by atoms with Crippen LogP contribution in [0.2, 0.25) is 0 Å². The van der Waals surface area contributed by atoms with Crippen LogP contribution in [-0.2, 0) is 11.3 Å². The van der Waals surface area contributed by atoms with Crippen molar-refractivity contribution in [2.24, 2.45) is 5.92 Å². The second-order valence-corrected chi connectivity index (χ2v) is 9.92. The molecule has 1 saturated carbocycles. The van der Waals surface area contributed by atoms with Gasteiger partial charge in [-0.05, 0) is 50.3 Å². The first-order valence-corrected chi connectivity index (χ1v) is 12.4. The van der Waals surface area contributed by atoms with Gasteiger partial charge in [-0.1, -0.05) is 38.5 Å². The summed E-state index contributed by atoms with van der Waals surface area (Å²) in [5.74, 6) is 2.33. The normalized spacial score (nSPS) is 14.2. The van der Waals surface area contributed by atoms with Crippen molar-refractivity contribution in [3.63, 3.8) is 0 Å². The van der Waals surface area contributed by atoms with Crippen LogP contribution in [0.15, 0.2) is 28.0 Å². The Labute approximate surface area is 198 Å². The van der Waals surface area contributed by atoms with E-state index in [1.807, 2.05) is 30.5 Å². The minimum Gasteiger partial charge on any atom is -0.461 e. The van der Waals surface area contributed by atoms with Crippen LogP contribution >= 0.6 is 11.8 Å². The van der Waals surface area contributed by atoms with E-state index in [1.54, 1.807) is 6.26 Å². The number of amides is 1. The number of aromatic nitrogens is 4. The van der Waals surface area contributed by atoms with Gasteiger partial charge in [0, 0.05) is 18.3 Å². The number of thioether (sulfide) groups is 1. The SMILES string of the molecule is Cc1c(C#N)c(NC(=O)CSc2nnc(-c3ccco3)n2CC(C)C)n(C2CCCC2)c1C. The molecular formula is C24H30N6O2S. The number of furan rings is 1. The number of nitriles is 1. The Hall–Kier alpha value is -2.99. The maximum Gasteiger partial charge on any atom is 0.235 e. The molecule has 0 saturated heterocycles. The van der Waals surface area contributed by atoms with Crippen molar-refractivity contribution >= 4 is 23.5 Å². The third-order valence-electron chi connectivity index (χ3n) is 6.15. The third-order valence-corrected chi connectivity index (χ3v) is 7.12. The summed E-state index contributed by atoms with van der Waals surface area (Å²) in [6.07, 6.45) is 6.11. The molecule has 0 unspecified atom stereocenters. The Morgan fingerprint density at radius 1 is 1.33 bits per heavy atom. The second-order valence-electron chi connectivity index (χ2n) is 8.98. The number of nitrogens with zero attached hydrogens (tertiary/aromatic N) is 5. The Morgan fingerprint density at radius 2 is 2.09 bits per heavy atom. The fraction of sp³-hybridized carbons (Fsp3) is 0.500. The first kappa shape index (κ1) is 23.2. The molecule has 0 atom stereocenters. The largest absolute Gasteiger partial charge is 0.461 e. The summed E-state index contributed by atoms with van der Waals surface area (Å²) in [5, 5.41) is 22.1. The molecule has 1 fully saturated rings. The molecule has 0 spiro atoms. The van der Waals surface area contributed by atoms with Crippen molar-refractivity contribution in [1.29, 1.82) is 5.26 Å². The zero-order chi connectivity index (χ0) is 23.5. The summed E-state index contributed by atoms with van der Waals surface area (Å²) in [6, 6.07) is 6.30. The average molecular weight is 467 g/mol. The number of nitrogens with one attached hydrogen (secondary N) is 1. The highest BCUT2D eigenvalue weighted by Crippen LogP contribution is 2.38. The van der Waals surface area contributed by atoms with E-state index >= 15 is 0 Å². The van der Waals surface area contributed by atoms with Gasteiger partial charge < -0.3 is 14.3 Å². The summed E-state index contributed by atoms with van der Waals surface area (Å²) >= 11 is 1.34. The topological polar surface area (TPSA) is 102 Å². The standard InChI is InChI=1S/C24H30N6O2S/c1-15(2)13-29-23(20-10-7-11-32-20)27-28-24(29)33-14-21(31)26-22-19(12-25)16(3)17(4)30(22)18-8-5-6-9-18/h7,10-11,15,18H,5-6,8-9,13-14H2,1-4H3,(H,26,31). The second kappa shape index (κ2) is 9.87. The van der Waals surface area contributed by atoms with E-state index in [2.05, 4.69) is 40.0 Å². The lowest BCUT2D eigenvalue weighted by Crippen LogP contribution is -2.20.